The third-order valence-electron chi connectivity index (χ3n) is 6.20. The highest BCUT2D eigenvalue weighted by Gasteiger charge is 2.44. The number of aromatic nitrogens is 2. The molecule has 4 heteroatoms. The molecule has 0 aliphatic heterocycles. The second kappa shape index (κ2) is 7.29. The minimum Gasteiger partial charge on any atom is -0.367 e. The molecular weight excluding hydrogens is 342 g/mol. The zero-order valence-electron chi connectivity index (χ0n) is 15.1. The van der Waals surface area contributed by atoms with Crippen molar-refractivity contribution >= 4 is 17.4 Å². The molecule has 0 spiro atoms. The summed E-state index contributed by atoms with van der Waals surface area (Å²) >= 11 is 6.15. The van der Waals surface area contributed by atoms with Crippen LogP contribution in [0, 0.1) is 23.2 Å². The highest BCUT2D eigenvalue weighted by atomic mass is 35.5. The van der Waals surface area contributed by atoms with Gasteiger partial charge in [-0.2, -0.15) is 0 Å². The van der Waals surface area contributed by atoms with Crippen LogP contribution in [0.15, 0.2) is 36.4 Å². The predicted octanol–water partition coefficient (Wildman–Crippen LogP) is 5.30. The Morgan fingerprint density at radius 3 is 2.65 bits per heavy atom. The van der Waals surface area contributed by atoms with Crippen molar-refractivity contribution in [2.75, 3.05) is 5.32 Å². The van der Waals surface area contributed by atoms with Crippen molar-refractivity contribution in [3.05, 3.63) is 52.9 Å². The fraction of sp³-hybridized carbons (Fsp3) is 0.455. The van der Waals surface area contributed by atoms with Crippen molar-refractivity contribution in [3.8, 4) is 11.8 Å². The Kier molecular flexibility index (Phi) is 4.87. The van der Waals surface area contributed by atoms with Gasteiger partial charge in [0.2, 0.25) is 5.28 Å². The van der Waals surface area contributed by atoms with Crippen molar-refractivity contribution in [1.29, 1.82) is 0 Å². The monoisotopic (exact) mass is 365 g/mol. The molecule has 3 aliphatic carbocycles. The van der Waals surface area contributed by atoms with Gasteiger partial charge in [0.15, 0.2) is 0 Å². The topological polar surface area (TPSA) is 37.8 Å². The van der Waals surface area contributed by atoms with Gasteiger partial charge in [-0.05, 0) is 73.1 Å². The summed E-state index contributed by atoms with van der Waals surface area (Å²) in [4.78, 5) is 8.65. The van der Waals surface area contributed by atoms with Crippen LogP contribution in [0.25, 0.3) is 0 Å². The second-order valence-electron chi connectivity index (χ2n) is 7.67. The van der Waals surface area contributed by atoms with Crippen molar-refractivity contribution in [3.63, 3.8) is 0 Å². The van der Waals surface area contributed by atoms with E-state index in [2.05, 4.69) is 34.0 Å². The molecule has 3 nitrogen and oxygen atoms in total. The van der Waals surface area contributed by atoms with Gasteiger partial charge >= 0.3 is 0 Å². The van der Waals surface area contributed by atoms with Crippen LogP contribution in [0.2, 0.25) is 5.28 Å². The molecule has 1 atom stereocenters. The van der Waals surface area contributed by atoms with E-state index < -0.39 is 0 Å². The Balaban J connectivity index is 1.53. The van der Waals surface area contributed by atoms with E-state index in [4.69, 9.17) is 11.6 Å². The molecule has 2 bridgehead atoms. The number of halogens is 1. The lowest BCUT2D eigenvalue weighted by atomic mass is 9.57. The molecule has 1 aromatic heterocycles. The normalized spacial score (nSPS) is 26.8. The van der Waals surface area contributed by atoms with Crippen LogP contribution in [0.4, 0.5) is 5.82 Å². The van der Waals surface area contributed by atoms with E-state index >= 15 is 0 Å². The maximum atomic E-state index is 6.15. The first-order valence-electron chi connectivity index (χ1n) is 9.54. The zero-order chi connectivity index (χ0) is 18.0. The summed E-state index contributed by atoms with van der Waals surface area (Å²) in [5.41, 5.74) is 2.15. The van der Waals surface area contributed by atoms with E-state index in [1.165, 1.54) is 38.5 Å². The van der Waals surface area contributed by atoms with Crippen LogP contribution in [0.3, 0.4) is 0 Å². The minimum atomic E-state index is 0.249. The SMILES string of the molecule is CCC12CCC(CC1)[C@@H](Nc1cc(C#Cc3ccccc3)nc(Cl)n1)C2. The van der Waals surface area contributed by atoms with E-state index in [1.54, 1.807) is 0 Å². The molecule has 3 saturated carbocycles. The molecule has 0 unspecified atom stereocenters. The molecule has 0 radical (unpaired) electrons. The van der Waals surface area contributed by atoms with Gasteiger partial charge in [0, 0.05) is 17.7 Å². The molecule has 3 fully saturated rings. The number of anilines is 1. The molecule has 2 aromatic rings. The quantitative estimate of drug-likeness (QED) is 0.592. The molecule has 0 amide bonds. The van der Waals surface area contributed by atoms with Crippen LogP contribution >= 0.6 is 11.6 Å². The number of nitrogens with one attached hydrogen (secondary N) is 1. The van der Waals surface area contributed by atoms with Crippen LogP contribution < -0.4 is 5.32 Å². The van der Waals surface area contributed by atoms with Crippen LogP contribution in [0.5, 0.6) is 0 Å². The first-order chi connectivity index (χ1) is 12.7. The van der Waals surface area contributed by atoms with Crippen molar-refractivity contribution in [1.82, 2.24) is 9.97 Å². The Labute approximate surface area is 160 Å². The highest BCUT2D eigenvalue weighted by Crippen LogP contribution is 2.52. The van der Waals surface area contributed by atoms with Crippen molar-refractivity contribution in [2.24, 2.45) is 11.3 Å². The lowest BCUT2D eigenvalue weighted by Crippen LogP contribution is -2.46. The van der Waals surface area contributed by atoms with E-state index in [-0.39, 0.29) is 5.28 Å². The predicted molar refractivity (Wildman–Crippen MR) is 106 cm³/mol. The fourth-order valence-electron chi connectivity index (χ4n) is 4.56. The summed E-state index contributed by atoms with van der Waals surface area (Å²) in [5, 5.41) is 3.90. The number of hydrogen-bond acceptors (Lipinski definition) is 3. The summed E-state index contributed by atoms with van der Waals surface area (Å²) in [6.07, 6.45) is 7.92. The van der Waals surface area contributed by atoms with E-state index in [0.717, 1.165) is 17.3 Å². The largest absolute Gasteiger partial charge is 0.367 e. The molecule has 1 heterocycles. The maximum Gasteiger partial charge on any atom is 0.225 e. The van der Waals surface area contributed by atoms with Gasteiger partial charge in [0.05, 0.1) is 0 Å². The molecule has 1 N–H and O–H groups in total. The first-order valence-corrected chi connectivity index (χ1v) is 9.92. The Bertz CT molecular complexity index is 829. The average molecular weight is 366 g/mol. The van der Waals surface area contributed by atoms with Gasteiger partial charge in [-0.1, -0.05) is 37.5 Å². The number of benzene rings is 1. The average Bonchev–Trinajstić information content (AvgIpc) is 2.68. The number of rotatable bonds is 3. The van der Waals surface area contributed by atoms with Gasteiger partial charge in [-0.25, -0.2) is 9.97 Å². The molecule has 134 valence electrons. The molecule has 26 heavy (non-hydrogen) atoms. The fourth-order valence-corrected chi connectivity index (χ4v) is 4.74. The van der Waals surface area contributed by atoms with Crippen molar-refractivity contribution in [2.45, 2.75) is 51.5 Å². The summed E-state index contributed by atoms with van der Waals surface area (Å²) in [5.74, 6) is 7.78. The lowest BCUT2D eigenvalue weighted by Gasteiger charge is -2.51. The highest BCUT2D eigenvalue weighted by molar-refractivity contribution is 6.28. The van der Waals surface area contributed by atoms with Gasteiger partial charge in [0.25, 0.3) is 0 Å². The summed E-state index contributed by atoms with van der Waals surface area (Å²) in [6, 6.07) is 12.3. The van der Waals surface area contributed by atoms with Crippen LogP contribution in [-0.2, 0) is 0 Å². The maximum absolute atomic E-state index is 6.15. The standard InChI is InChI=1S/C22H24ClN3/c1-2-22-12-10-17(11-13-22)19(15-22)25-20-14-18(24-21(23)26-20)9-8-16-6-4-3-5-7-16/h3-7,14,17,19H,2,10-13,15H2,1H3,(H,24,25,26)/t17?,19-,22?/m0/s1. The smallest absolute Gasteiger partial charge is 0.225 e. The minimum absolute atomic E-state index is 0.249. The van der Waals surface area contributed by atoms with Crippen LogP contribution in [0.1, 0.15) is 56.7 Å². The first kappa shape index (κ1) is 17.4. The third kappa shape index (κ3) is 3.71. The van der Waals surface area contributed by atoms with E-state index in [1.807, 2.05) is 36.4 Å². The Morgan fingerprint density at radius 1 is 1.15 bits per heavy atom. The third-order valence-corrected chi connectivity index (χ3v) is 6.37. The lowest BCUT2D eigenvalue weighted by molar-refractivity contribution is 0.0496. The zero-order valence-corrected chi connectivity index (χ0v) is 15.9. The summed E-state index contributed by atoms with van der Waals surface area (Å²) < 4.78 is 0. The summed E-state index contributed by atoms with van der Waals surface area (Å²) in [6.45, 7) is 2.33. The number of fused-ring (bicyclic) bond motifs is 3. The second-order valence-corrected chi connectivity index (χ2v) is 8.01. The molecule has 0 saturated heterocycles. The number of nitrogens with zero attached hydrogens (tertiary/aromatic N) is 2. The van der Waals surface area contributed by atoms with Gasteiger partial charge in [0.1, 0.15) is 11.5 Å². The number of hydrogen-bond donors (Lipinski definition) is 1. The molecule has 5 rings (SSSR count). The van der Waals surface area contributed by atoms with E-state index in [0.29, 0.717) is 17.2 Å². The molecule has 3 aliphatic rings. The van der Waals surface area contributed by atoms with Gasteiger partial charge in [-0.15, -0.1) is 0 Å². The van der Waals surface area contributed by atoms with Crippen LogP contribution in [-0.4, -0.2) is 16.0 Å². The van der Waals surface area contributed by atoms with Gasteiger partial charge in [-0.3, -0.25) is 0 Å². The molecular formula is C22H24ClN3. The summed E-state index contributed by atoms with van der Waals surface area (Å²) in [7, 11) is 0. The Morgan fingerprint density at radius 2 is 1.92 bits per heavy atom. The van der Waals surface area contributed by atoms with Crippen molar-refractivity contribution < 1.29 is 0 Å². The van der Waals surface area contributed by atoms with Gasteiger partial charge < -0.3 is 5.32 Å². The Hall–Kier alpha value is -2.05. The molecule has 1 aromatic carbocycles. The van der Waals surface area contributed by atoms with E-state index in [9.17, 15) is 0 Å².